The van der Waals surface area contributed by atoms with Gasteiger partial charge in [0.05, 0.1) is 18.6 Å². The van der Waals surface area contributed by atoms with Crippen LogP contribution in [-0.4, -0.2) is 33.0 Å². The van der Waals surface area contributed by atoms with Crippen LogP contribution < -0.4 is 19.5 Å². The first-order valence-corrected chi connectivity index (χ1v) is 11.6. The summed E-state index contributed by atoms with van der Waals surface area (Å²) < 4.78 is 38.1. The highest BCUT2D eigenvalue weighted by atomic mass is 32.2. The molecule has 10 heteroatoms. The van der Waals surface area contributed by atoms with Gasteiger partial charge < -0.3 is 14.8 Å². The summed E-state index contributed by atoms with van der Waals surface area (Å²) in [7, 11) is -2.35. The smallest absolute Gasteiger partial charge is 0.266 e. The molecule has 0 aliphatic rings. The molecular weight excluding hydrogens is 456 g/mol. The van der Waals surface area contributed by atoms with Gasteiger partial charge in [-0.05, 0) is 67.1 Å². The number of amides is 1. The standard InChI is InChI=1S/C24H22N4O5S/c1-3-33-21-12-7-17(15-22(21)32-2)14-18(16-25)24(29)27-19-8-10-20(11-9-19)34(30,31)28-23-6-4-5-13-26-23/h4-15H,3H2,1-2H3,(H,26,28)(H,27,29)/b18-14+. The highest BCUT2D eigenvalue weighted by Crippen LogP contribution is 2.29. The van der Waals surface area contributed by atoms with Crippen LogP contribution in [0.4, 0.5) is 11.5 Å². The molecule has 0 aliphatic carbocycles. The molecule has 0 saturated carbocycles. The van der Waals surface area contributed by atoms with Gasteiger partial charge in [0, 0.05) is 11.9 Å². The van der Waals surface area contributed by atoms with Crippen LogP contribution in [-0.2, 0) is 14.8 Å². The lowest BCUT2D eigenvalue weighted by Gasteiger charge is -2.10. The summed E-state index contributed by atoms with van der Waals surface area (Å²) in [6.07, 6.45) is 2.89. The first kappa shape index (κ1) is 24.3. The molecule has 0 atom stereocenters. The van der Waals surface area contributed by atoms with Crippen molar-refractivity contribution >= 4 is 33.5 Å². The van der Waals surface area contributed by atoms with E-state index in [-0.39, 0.29) is 16.3 Å². The SMILES string of the molecule is CCOc1ccc(/C=C(\C#N)C(=O)Nc2ccc(S(=O)(=O)Nc3ccccn3)cc2)cc1OC. The molecule has 174 valence electrons. The zero-order valence-corrected chi connectivity index (χ0v) is 19.3. The maximum atomic E-state index is 12.6. The van der Waals surface area contributed by atoms with Crippen molar-refractivity contribution in [2.24, 2.45) is 0 Å². The topological polar surface area (TPSA) is 130 Å². The van der Waals surface area contributed by atoms with E-state index in [1.165, 1.54) is 49.7 Å². The van der Waals surface area contributed by atoms with Crippen molar-refractivity contribution in [3.63, 3.8) is 0 Å². The van der Waals surface area contributed by atoms with Crippen LogP contribution in [0.15, 0.2) is 77.3 Å². The number of aromatic nitrogens is 1. The maximum absolute atomic E-state index is 12.6. The predicted octanol–water partition coefficient (Wildman–Crippen LogP) is 3.84. The number of ether oxygens (including phenoxy) is 2. The van der Waals surface area contributed by atoms with Gasteiger partial charge in [0.1, 0.15) is 17.5 Å². The quantitative estimate of drug-likeness (QED) is 0.353. The number of rotatable bonds is 9. The van der Waals surface area contributed by atoms with Crippen LogP contribution in [0.1, 0.15) is 12.5 Å². The van der Waals surface area contributed by atoms with Crippen LogP contribution in [0.5, 0.6) is 11.5 Å². The van der Waals surface area contributed by atoms with Crippen LogP contribution >= 0.6 is 0 Å². The van der Waals surface area contributed by atoms with Crippen molar-refractivity contribution in [2.45, 2.75) is 11.8 Å². The molecule has 0 aliphatic heterocycles. The van der Waals surface area contributed by atoms with E-state index in [9.17, 15) is 18.5 Å². The minimum absolute atomic E-state index is 0.00585. The normalized spacial score (nSPS) is 11.3. The zero-order chi connectivity index (χ0) is 24.6. The Morgan fingerprint density at radius 3 is 2.50 bits per heavy atom. The van der Waals surface area contributed by atoms with Crippen molar-refractivity contribution in [1.29, 1.82) is 5.26 Å². The lowest BCUT2D eigenvalue weighted by Crippen LogP contribution is -2.15. The number of anilines is 2. The third kappa shape index (κ3) is 6.11. The van der Waals surface area contributed by atoms with Gasteiger partial charge in [-0.2, -0.15) is 5.26 Å². The van der Waals surface area contributed by atoms with Gasteiger partial charge in [0.15, 0.2) is 11.5 Å². The minimum atomic E-state index is -3.85. The summed E-state index contributed by atoms with van der Waals surface area (Å²) in [5, 5.41) is 12.1. The average Bonchev–Trinajstić information content (AvgIpc) is 2.84. The third-order valence-electron chi connectivity index (χ3n) is 4.49. The van der Waals surface area contributed by atoms with E-state index >= 15 is 0 Å². The van der Waals surface area contributed by atoms with E-state index in [0.717, 1.165) is 0 Å². The number of nitrogens with zero attached hydrogens (tertiary/aromatic N) is 2. The Labute approximate surface area is 197 Å². The summed E-state index contributed by atoms with van der Waals surface area (Å²) >= 11 is 0. The second-order valence-corrected chi connectivity index (χ2v) is 8.49. The molecule has 1 aromatic heterocycles. The van der Waals surface area contributed by atoms with Crippen molar-refractivity contribution in [2.75, 3.05) is 23.8 Å². The number of hydrogen-bond acceptors (Lipinski definition) is 7. The molecule has 0 saturated heterocycles. The first-order chi connectivity index (χ1) is 16.4. The number of benzene rings is 2. The number of methoxy groups -OCH3 is 1. The summed E-state index contributed by atoms with van der Waals surface area (Å²) in [5.74, 6) is 0.578. The Balaban J connectivity index is 1.73. The fraction of sp³-hybridized carbons (Fsp3) is 0.125. The molecule has 3 aromatic rings. The zero-order valence-electron chi connectivity index (χ0n) is 18.5. The molecule has 0 spiro atoms. The largest absolute Gasteiger partial charge is 0.493 e. The first-order valence-electron chi connectivity index (χ1n) is 10.1. The fourth-order valence-electron chi connectivity index (χ4n) is 2.90. The Bertz CT molecular complexity index is 1330. The van der Waals surface area contributed by atoms with Gasteiger partial charge in [-0.3, -0.25) is 9.52 Å². The number of nitriles is 1. The monoisotopic (exact) mass is 478 g/mol. The van der Waals surface area contributed by atoms with Crippen molar-refractivity contribution in [1.82, 2.24) is 4.98 Å². The van der Waals surface area contributed by atoms with Gasteiger partial charge in [0.25, 0.3) is 15.9 Å². The number of carbonyl (C=O) groups excluding carboxylic acids is 1. The average molecular weight is 479 g/mol. The Hall–Kier alpha value is -4.36. The van der Waals surface area contributed by atoms with Crippen LogP contribution in [0, 0.1) is 11.3 Å². The number of sulfonamides is 1. The van der Waals surface area contributed by atoms with E-state index < -0.39 is 15.9 Å². The van der Waals surface area contributed by atoms with Crippen molar-refractivity contribution in [3.05, 3.63) is 78.0 Å². The van der Waals surface area contributed by atoms with Gasteiger partial charge in [0.2, 0.25) is 0 Å². The molecule has 1 amide bonds. The molecule has 0 unspecified atom stereocenters. The van der Waals surface area contributed by atoms with Gasteiger partial charge >= 0.3 is 0 Å². The molecule has 3 rings (SSSR count). The Kier molecular flexibility index (Phi) is 7.84. The molecule has 0 fully saturated rings. The Morgan fingerprint density at radius 2 is 1.88 bits per heavy atom. The summed E-state index contributed by atoms with van der Waals surface area (Å²) in [4.78, 5) is 16.5. The molecule has 2 aromatic carbocycles. The predicted molar refractivity (Wildman–Crippen MR) is 128 cm³/mol. The van der Waals surface area contributed by atoms with Crippen LogP contribution in [0.3, 0.4) is 0 Å². The third-order valence-corrected chi connectivity index (χ3v) is 5.86. The Morgan fingerprint density at radius 1 is 1.12 bits per heavy atom. The lowest BCUT2D eigenvalue weighted by atomic mass is 10.1. The van der Waals surface area contributed by atoms with Gasteiger partial charge in [-0.15, -0.1) is 0 Å². The molecular formula is C24H22N4O5S. The van der Waals surface area contributed by atoms with E-state index in [1.54, 1.807) is 30.3 Å². The summed E-state index contributed by atoms with van der Waals surface area (Å²) in [6, 6.07) is 17.3. The van der Waals surface area contributed by atoms with E-state index in [0.29, 0.717) is 29.4 Å². The van der Waals surface area contributed by atoms with Crippen LogP contribution in [0.2, 0.25) is 0 Å². The lowest BCUT2D eigenvalue weighted by molar-refractivity contribution is -0.112. The van der Waals surface area contributed by atoms with E-state index in [4.69, 9.17) is 9.47 Å². The number of carbonyl (C=O) groups is 1. The molecule has 2 N–H and O–H groups in total. The van der Waals surface area contributed by atoms with E-state index in [1.807, 2.05) is 13.0 Å². The van der Waals surface area contributed by atoms with Crippen LogP contribution in [0.25, 0.3) is 6.08 Å². The number of hydrogen-bond donors (Lipinski definition) is 2. The number of nitrogens with one attached hydrogen (secondary N) is 2. The summed E-state index contributed by atoms with van der Waals surface area (Å²) in [5.41, 5.74) is 0.765. The minimum Gasteiger partial charge on any atom is -0.493 e. The van der Waals surface area contributed by atoms with Crippen molar-refractivity contribution in [3.8, 4) is 17.6 Å². The fourth-order valence-corrected chi connectivity index (χ4v) is 3.91. The second kappa shape index (κ2) is 11.0. The molecule has 34 heavy (non-hydrogen) atoms. The van der Waals surface area contributed by atoms with Gasteiger partial charge in [-0.25, -0.2) is 13.4 Å². The molecule has 9 nitrogen and oxygen atoms in total. The van der Waals surface area contributed by atoms with Crippen molar-refractivity contribution < 1.29 is 22.7 Å². The number of pyridine rings is 1. The highest BCUT2D eigenvalue weighted by Gasteiger charge is 2.16. The molecule has 1 heterocycles. The molecule has 0 radical (unpaired) electrons. The second-order valence-electron chi connectivity index (χ2n) is 6.81. The molecule has 0 bridgehead atoms. The van der Waals surface area contributed by atoms with E-state index in [2.05, 4.69) is 15.0 Å². The summed E-state index contributed by atoms with van der Waals surface area (Å²) in [6.45, 7) is 2.32. The maximum Gasteiger partial charge on any atom is 0.266 e. The highest BCUT2D eigenvalue weighted by molar-refractivity contribution is 7.92. The van der Waals surface area contributed by atoms with Gasteiger partial charge in [-0.1, -0.05) is 12.1 Å².